The van der Waals surface area contributed by atoms with Gasteiger partial charge in [-0.3, -0.25) is 4.79 Å². The molecular formula is C16H10ClF2N5O3. The van der Waals surface area contributed by atoms with Gasteiger partial charge >= 0.3 is 0 Å². The average Bonchev–Trinajstić information content (AvgIpc) is 3.11. The number of carbonyl (C=O) groups is 1. The molecule has 0 aliphatic rings. The molecule has 3 rings (SSSR count). The van der Waals surface area contributed by atoms with Gasteiger partial charge < -0.3 is 15.8 Å². The molecule has 8 nitrogen and oxygen atoms in total. The molecule has 2 aromatic carbocycles. The summed E-state index contributed by atoms with van der Waals surface area (Å²) in [6.07, 6.45) is 0. The molecule has 27 heavy (non-hydrogen) atoms. The van der Waals surface area contributed by atoms with Crippen LogP contribution in [-0.2, 0) is 0 Å². The van der Waals surface area contributed by atoms with E-state index in [1.165, 1.54) is 24.3 Å². The second-order valence-corrected chi connectivity index (χ2v) is 5.53. The van der Waals surface area contributed by atoms with Crippen LogP contribution < -0.4 is 10.6 Å². The standard InChI is InChI=1S/C16H10ClF2N5O3/c17-11-7-10(5-6-12(11)19)20-14(22-26)13-15(24-27-23-13)21-16(25)8-1-3-9(18)4-2-8/h1-7,26H,(H,20,22)(H,21,24,25)/i18-1. The second-order valence-electron chi connectivity index (χ2n) is 5.12. The summed E-state index contributed by atoms with van der Waals surface area (Å²) >= 11 is 5.70. The van der Waals surface area contributed by atoms with Crippen LogP contribution in [0.15, 0.2) is 52.2 Å². The molecule has 1 aromatic heterocycles. The van der Waals surface area contributed by atoms with Crippen molar-refractivity contribution in [3.05, 3.63) is 70.4 Å². The zero-order valence-corrected chi connectivity index (χ0v) is 14.0. The maximum atomic E-state index is 13.2. The van der Waals surface area contributed by atoms with Gasteiger partial charge in [0.15, 0.2) is 5.69 Å². The molecule has 0 spiro atoms. The van der Waals surface area contributed by atoms with Gasteiger partial charge in [-0.1, -0.05) is 16.8 Å². The average molecular weight is 393 g/mol. The quantitative estimate of drug-likeness (QED) is 0.271. The van der Waals surface area contributed by atoms with E-state index in [-0.39, 0.29) is 33.6 Å². The molecule has 0 saturated carbocycles. The number of nitrogens with one attached hydrogen (secondary N) is 2. The fourth-order valence-corrected chi connectivity index (χ4v) is 2.23. The van der Waals surface area contributed by atoms with Crippen molar-refractivity contribution < 1.29 is 23.4 Å². The lowest BCUT2D eigenvalue weighted by Gasteiger charge is -2.08. The van der Waals surface area contributed by atoms with Crippen molar-refractivity contribution in [3.8, 4) is 0 Å². The van der Waals surface area contributed by atoms with Crippen LogP contribution in [0.25, 0.3) is 0 Å². The van der Waals surface area contributed by atoms with Gasteiger partial charge in [0, 0.05) is 11.3 Å². The van der Waals surface area contributed by atoms with E-state index in [4.69, 9.17) is 11.6 Å². The van der Waals surface area contributed by atoms with E-state index in [0.29, 0.717) is 0 Å². The molecule has 0 atom stereocenters. The van der Waals surface area contributed by atoms with E-state index in [1.54, 1.807) is 0 Å². The lowest BCUT2D eigenvalue weighted by molar-refractivity contribution is 0.102. The Morgan fingerprint density at radius 3 is 2.52 bits per heavy atom. The maximum absolute atomic E-state index is 13.2. The third-order valence-corrected chi connectivity index (χ3v) is 3.62. The molecule has 1 amide bonds. The van der Waals surface area contributed by atoms with Gasteiger partial charge in [-0.2, -0.15) is 0 Å². The molecule has 0 fully saturated rings. The topological polar surface area (TPSA) is 113 Å². The summed E-state index contributed by atoms with van der Waals surface area (Å²) in [6.45, 7) is 0. The predicted octanol–water partition coefficient (Wildman–Crippen LogP) is 3.50. The van der Waals surface area contributed by atoms with Crippen molar-refractivity contribution in [2.75, 3.05) is 10.6 Å². The first-order valence-corrected chi connectivity index (χ1v) is 7.69. The summed E-state index contributed by atoms with van der Waals surface area (Å²) in [7, 11) is 0. The van der Waals surface area contributed by atoms with Crippen molar-refractivity contribution in [2.45, 2.75) is 0 Å². The van der Waals surface area contributed by atoms with E-state index in [0.717, 1.165) is 18.2 Å². The van der Waals surface area contributed by atoms with Crippen LogP contribution in [-0.4, -0.2) is 27.3 Å². The van der Waals surface area contributed by atoms with E-state index in [9.17, 15) is 18.8 Å². The molecule has 0 unspecified atom stereocenters. The number of amidine groups is 1. The first-order valence-electron chi connectivity index (χ1n) is 7.32. The van der Waals surface area contributed by atoms with Crippen molar-refractivity contribution in [3.63, 3.8) is 0 Å². The molecule has 1 heterocycles. The number of hydrogen-bond acceptors (Lipinski definition) is 6. The van der Waals surface area contributed by atoms with Crippen LogP contribution in [0.1, 0.15) is 16.1 Å². The molecule has 0 saturated heterocycles. The minimum atomic E-state index is -0.625. The molecule has 3 aromatic rings. The molecule has 0 aliphatic heterocycles. The number of anilines is 2. The van der Waals surface area contributed by atoms with Gasteiger partial charge in [-0.05, 0) is 52.8 Å². The highest BCUT2D eigenvalue weighted by atomic mass is 35.5. The Morgan fingerprint density at radius 1 is 1.11 bits per heavy atom. The Balaban J connectivity index is 1.80. The van der Waals surface area contributed by atoms with Gasteiger partial charge in [0.2, 0.25) is 11.7 Å². The fraction of sp³-hybridized carbons (Fsp3) is 0. The monoisotopic (exact) mass is 392 g/mol. The van der Waals surface area contributed by atoms with Crippen LogP contribution >= 0.6 is 11.6 Å². The third kappa shape index (κ3) is 4.18. The van der Waals surface area contributed by atoms with Gasteiger partial charge in [0.1, 0.15) is 11.6 Å². The number of aromatic nitrogens is 2. The highest BCUT2D eigenvalue weighted by molar-refractivity contribution is 6.31. The molecule has 11 heteroatoms. The SMILES string of the molecule is O=C(Nc1nonc1/C(=N/O)Nc1ccc(F)c(Cl)c1)c1ccc([18F])cc1. The zero-order valence-electron chi connectivity index (χ0n) is 13.3. The van der Waals surface area contributed by atoms with E-state index < -0.39 is 17.5 Å². The van der Waals surface area contributed by atoms with Crippen molar-refractivity contribution in [1.82, 2.24) is 10.3 Å². The molecular weight excluding hydrogens is 383 g/mol. The molecule has 138 valence electrons. The van der Waals surface area contributed by atoms with E-state index >= 15 is 0 Å². The zero-order chi connectivity index (χ0) is 19.4. The number of amides is 1. The third-order valence-electron chi connectivity index (χ3n) is 3.33. The van der Waals surface area contributed by atoms with Gasteiger partial charge in [0.25, 0.3) is 5.91 Å². The summed E-state index contributed by atoms with van der Waals surface area (Å²) in [4.78, 5) is 12.2. The summed E-state index contributed by atoms with van der Waals surface area (Å²) in [5, 5.41) is 24.3. The minimum absolute atomic E-state index is 0.131. The van der Waals surface area contributed by atoms with Crippen LogP contribution in [0.4, 0.5) is 20.3 Å². The van der Waals surface area contributed by atoms with Crippen LogP contribution in [0.5, 0.6) is 0 Å². The van der Waals surface area contributed by atoms with E-state index in [1.807, 2.05) is 0 Å². The normalized spacial score (nSPS) is 11.3. The Kier molecular flexibility index (Phi) is 5.27. The Hall–Kier alpha value is -3.53. The number of carbonyl (C=O) groups excluding carboxylic acids is 1. The smallest absolute Gasteiger partial charge is 0.256 e. The summed E-state index contributed by atoms with van der Waals surface area (Å²) < 4.78 is 30.8. The summed E-state index contributed by atoms with van der Waals surface area (Å²) in [5.41, 5.74) is 0.313. The highest BCUT2D eigenvalue weighted by Gasteiger charge is 2.20. The van der Waals surface area contributed by atoms with Crippen molar-refractivity contribution in [2.24, 2.45) is 5.16 Å². The van der Waals surface area contributed by atoms with Gasteiger partial charge in [0.05, 0.1) is 5.02 Å². The van der Waals surface area contributed by atoms with Crippen LogP contribution in [0.3, 0.4) is 0 Å². The molecule has 0 radical (unpaired) electrons. The summed E-state index contributed by atoms with van der Waals surface area (Å²) in [5.74, 6) is -2.13. The highest BCUT2D eigenvalue weighted by Crippen LogP contribution is 2.21. The van der Waals surface area contributed by atoms with Crippen molar-refractivity contribution in [1.29, 1.82) is 0 Å². The predicted molar refractivity (Wildman–Crippen MR) is 92.0 cm³/mol. The first kappa shape index (κ1) is 18.3. The fourth-order valence-electron chi connectivity index (χ4n) is 2.05. The Bertz CT molecular complexity index is 1010. The first-order chi connectivity index (χ1) is 13.0. The minimum Gasteiger partial charge on any atom is -0.409 e. The molecule has 3 N–H and O–H groups in total. The Labute approximate surface area is 155 Å². The second kappa shape index (κ2) is 7.79. The summed E-state index contributed by atoms with van der Waals surface area (Å²) in [6, 6.07) is 8.50. The van der Waals surface area contributed by atoms with Gasteiger partial charge in [-0.15, -0.1) is 0 Å². The van der Waals surface area contributed by atoms with Crippen LogP contribution in [0.2, 0.25) is 5.02 Å². The Morgan fingerprint density at radius 2 is 1.85 bits per heavy atom. The lowest BCUT2D eigenvalue weighted by Crippen LogP contribution is -2.19. The number of benzene rings is 2. The van der Waals surface area contributed by atoms with E-state index in [2.05, 4.69) is 30.7 Å². The molecule has 0 aliphatic carbocycles. The number of hydrogen-bond donors (Lipinski definition) is 3. The number of nitrogens with zero attached hydrogens (tertiary/aromatic N) is 3. The van der Waals surface area contributed by atoms with Gasteiger partial charge in [-0.25, -0.2) is 13.4 Å². The van der Waals surface area contributed by atoms with Crippen LogP contribution in [0, 0.1) is 11.6 Å². The molecule has 0 bridgehead atoms. The number of rotatable bonds is 4. The maximum Gasteiger partial charge on any atom is 0.256 e. The largest absolute Gasteiger partial charge is 0.409 e. The number of oxime groups is 1. The number of halogens is 3. The van der Waals surface area contributed by atoms with Crippen molar-refractivity contribution >= 4 is 34.8 Å². The lowest BCUT2D eigenvalue weighted by atomic mass is 10.2.